The Morgan fingerprint density at radius 3 is 2.35 bits per heavy atom. The maximum atomic E-state index is 10.2. The summed E-state index contributed by atoms with van der Waals surface area (Å²) in [4.78, 5) is 0. The summed E-state index contributed by atoms with van der Waals surface area (Å²) >= 11 is 0. The average molecular weight is 275 g/mol. The molecule has 1 aromatic heterocycles. The molecule has 0 unspecified atom stereocenters. The number of aliphatic hydroxyl groups excluding tert-OH is 3. The zero-order chi connectivity index (χ0) is 14.4. The van der Waals surface area contributed by atoms with Gasteiger partial charge in [0.1, 0.15) is 24.0 Å². The standard InChI is InChI=1S/C14H17N3O3/c1-7-3-5-9(6-4-7)10-11-13(19)14(20)12(18)8(2)17(11)16-15-10/h3-6,8,12-14,18-20H,1-2H3/t8-,12+,13+,14-/m1/s1. The molecular formula is C14H17N3O3. The van der Waals surface area contributed by atoms with Crippen molar-refractivity contribution in [2.75, 3.05) is 0 Å². The highest BCUT2D eigenvalue weighted by Crippen LogP contribution is 2.36. The van der Waals surface area contributed by atoms with Gasteiger partial charge in [-0.3, -0.25) is 0 Å². The Balaban J connectivity index is 2.13. The Morgan fingerprint density at radius 1 is 1.05 bits per heavy atom. The summed E-state index contributed by atoms with van der Waals surface area (Å²) in [6.07, 6.45) is -3.50. The van der Waals surface area contributed by atoms with Crippen LogP contribution in [-0.4, -0.2) is 42.5 Å². The van der Waals surface area contributed by atoms with Crippen LogP contribution in [0.25, 0.3) is 11.3 Å². The highest BCUT2D eigenvalue weighted by Gasteiger charge is 2.41. The van der Waals surface area contributed by atoms with Gasteiger partial charge in [-0.05, 0) is 13.8 Å². The number of nitrogens with zero attached hydrogens (tertiary/aromatic N) is 3. The van der Waals surface area contributed by atoms with E-state index < -0.39 is 24.4 Å². The fourth-order valence-electron chi connectivity index (χ4n) is 2.57. The molecule has 20 heavy (non-hydrogen) atoms. The highest BCUT2D eigenvalue weighted by molar-refractivity contribution is 5.62. The number of fused-ring (bicyclic) bond motifs is 1. The van der Waals surface area contributed by atoms with Gasteiger partial charge in [0.2, 0.25) is 0 Å². The molecule has 2 aromatic rings. The van der Waals surface area contributed by atoms with Gasteiger partial charge in [0.05, 0.1) is 11.7 Å². The summed E-state index contributed by atoms with van der Waals surface area (Å²) in [5, 5.41) is 38.1. The van der Waals surface area contributed by atoms with E-state index in [9.17, 15) is 15.3 Å². The molecule has 0 amide bonds. The monoisotopic (exact) mass is 275 g/mol. The second kappa shape index (κ2) is 4.66. The quantitative estimate of drug-likeness (QED) is 0.708. The largest absolute Gasteiger partial charge is 0.388 e. The minimum Gasteiger partial charge on any atom is -0.388 e. The molecule has 2 heterocycles. The van der Waals surface area contributed by atoms with Crippen LogP contribution in [0.1, 0.15) is 30.3 Å². The van der Waals surface area contributed by atoms with Crippen LogP contribution >= 0.6 is 0 Å². The van der Waals surface area contributed by atoms with E-state index in [-0.39, 0.29) is 0 Å². The van der Waals surface area contributed by atoms with Gasteiger partial charge in [-0.1, -0.05) is 35.0 Å². The molecule has 0 bridgehead atoms. The molecule has 1 aromatic carbocycles. The molecule has 0 fully saturated rings. The zero-order valence-electron chi connectivity index (χ0n) is 11.3. The van der Waals surface area contributed by atoms with Crippen LogP contribution in [0.15, 0.2) is 24.3 Å². The van der Waals surface area contributed by atoms with Crippen LogP contribution in [-0.2, 0) is 0 Å². The summed E-state index contributed by atoms with van der Waals surface area (Å²) in [6.45, 7) is 3.72. The van der Waals surface area contributed by atoms with Crippen LogP contribution in [0, 0.1) is 6.92 Å². The van der Waals surface area contributed by atoms with Gasteiger partial charge in [0, 0.05) is 5.56 Å². The lowest BCUT2D eigenvalue weighted by Gasteiger charge is -2.34. The Kier molecular flexibility index (Phi) is 3.08. The summed E-state index contributed by atoms with van der Waals surface area (Å²) in [6, 6.07) is 7.26. The molecule has 0 radical (unpaired) electrons. The lowest BCUT2D eigenvalue weighted by molar-refractivity contribution is -0.0991. The topological polar surface area (TPSA) is 91.4 Å². The van der Waals surface area contributed by atoms with Crippen molar-refractivity contribution in [3.8, 4) is 11.3 Å². The Labute approximate surface area is 116 Å². The second-order valence-corrected chi connectivity index (χ2v) is 5.30. The Morgan fingerprint density at radius 2 is 1.70 bits per heavy atom. The Hall–Kier alpha value is -1.76. The normalized spacial score (nSPS) is 29.2. The molecule has 3 rings (SSSR count). The lowest BCUT2D eigenvalue weighted by atomic mass is 9.93. The minimum absolute atomic E-state index is 0.435. The molecule has 4 atom stereocenters. The first kappa shape index (κ1) is 13.2. The van der Waals surface area contributed by atoms with Crippen molar-refractivity contribution < 1.29 is 15.3 Å². The third-order valence-electron chi connectivity index (χ3n) is 3.89. The zero-order valence-corrected chi connectivity index (χ0v) is 11.3. The van der Waals surface area contributed by atoms with Crippen molar-refractivity contribution in [3.05, 3.63) is 35.5 Å². The van der Waals surface area contributed by atoms with Gasteiger partial charge in [-0.25, -0.2) is 4.68 Å². The van der Waals surface area contributed by atoms with E-state index in [2.05, 4.69) is 10.3 Å². The summed E-state index contributed by atoms with van der Waals surface area (Å²) in [7, 11) is 0. The SMILES string of the molecule is Cc1ccc(-c2nnn3c2[C@H](O)[C@H](O)[C@@H](O)[C@H]3C)cc1. The summed E-state index contributed by atoms with van der Waals surface area (Å²) in [5.74, 6) is 0. The molecule has 106 valence electrons. The maximum Gasteiger partial charge on any atom is 0.126 e. The molecule has 3 N–H and O–H groups in total. The highest BCUT2D eigenvalue weighted by atomic mass is 16.4. The minimum atomic E-state index is -1.24. The maximum absolute atomic E-state index is 10.2. The van der Waals surface area contributed by atoms with Crippen molar-refractivity contribution >= 4 is 0 Å². The third kappa shape index (κ3) is 1.84. The first-order chi connectivity index (χ1) is 9.50. The number of benzene rings is 1. The Bertz CT molecular complexity index is 623. The van der Waals surface area contributed by atoms with E-state index in [4.69, 9.17) is 0 Å². The van der Waals surface area contributed by atoms with E-state index in [0.717, 1.165) is 11.1 Å². The first-order valence-corrected chi connectivity index (χ1v) is 6.57. The average Bonchev–Trinajstić information content (AvgIpc) is 2.88. The van der Waals surface area contributed by atoms with E-state index in [1.54, 1.807) is 6.92 Å². The number of aliphatic hydroxyl groups is 3. The molecule has 0 saturated carbocycles. The smallest absolute Gasteiger partial charge is 0.126 e. The molecular weight excluding hydrogens is 258 g/mol. The van der Waals surface area contributed by atoms with E-state index in [0.29, 0.717) is 11.4 Å². The number of aromatic nitrogens is 3. The fourth-order valence-corrected chi connectivity index (χ4v) is 2.57. The molecule has 1 aliphatic heterocycles. The number of hydrogen-bond acceptors (Lipinski definition) is 5. The molecule has 0 spiro atoms. The van der Waals surface area contributed by atoms with Crippen molar-refractivity contribution in [3.63, 3.8) is 0 Å². The van der Waals surface area contributed by atoms with Gasteiger partial charge in [0.25, 0.3) is 0 Å². The molecule has 6 nitrogen and oxygen atoms in total. The van der Waals surface area contributed by atoms with Crippen LogP contribution in [0.4, 0.5) is 0 Å². The van der Waals surface area contributed by atoms with Crippen LogP contribution in [0.3, 0.4) is 0 Å². The van der Waals surface area contributed by atoms with Crippen molar-refractivity contribution in [1.82, 2.24) is 15.0 Å². The summed E-state index contributed by atoms with van der Waals surface area (Å²) < 4.78 is 1.48. The third-order valence-corrected chi connectivity index (χ3v) is 3.89. The summed E-state index contributed by atoms with van der Waals surface area (Å²) in [5.41, 5.74) is 2.93. The molecule has 1 aliphatic rings. The van der Waals surface area contributed by atoms with Crippen molar-refractivity contribution in [1.29, 1.82) is 0 Å². The predicted octanol–water partition coefficient (Wildman–Crippen LogP) is 0.583. The van der Waals surface area contributed by atoms with Crippen LogP contribution in [0.5, 0.6) is 0 Å². The molecule has 0 aliphatic carbocycles. The van der Waals surface area contributed by atoms with Gasteiger partial charge in [0.15, 0.2) is 0 Å². The predicted molar refractivity (Wildman–Crippen MR) is 71.9 cm³/mol. The van der Waals surface area contributed by atoms with Gasteiger partial charge in [-0.2, -0.15) is 0 Å². The van der Waals surface area contributed by atoms with E-state index in [1.165, 1.54) is 4.68 Å². The number of hydrogen-bond donors (Lipinski definition) is 3. The van der Waals surface area contributed by atoms with Crippen LogP contribution < -0.4 is 0 Å². The van der Waals surface area contributed by atoms with Crippen molar-refractivity contribution in [2.45, 2.75) is 38.2 Å². The number of aryl methyl sites for hydroxylation is 1. The van der Waals surface area contributed by atoms with E-state index in [1.807, 2.05) is 31.2 Å². The van der Waals surface area contributed by atoms with E-state index >= 15 is 0 Å². The van der Waals surface area contributed by atoms with Gasteiger partial charge < -0.3 is 15.3 Å². The lowest BCUT2D eigenvalue weighted by Crippen LogP contribution is -2.44. The van der Waals surface area contributed by atoms with Gasteiger partial charge in [-0.15, -0.1) is 5.10 Å². The van der Waals surface area contributed by atoms with Crippen molar-refractivity contribution in [2.24, 2.45) is 0 Å². The molecule has 0 saturated heterocycles. The fraction of sp³-hybridized carbons (Fsp3) is 0.429. The molecule has 6 heteroatoms. The second-order valence-electron chi connectivity index (χ2n) is 5.30. The van der Waals surface area contributed by atoms with Crippen LogP contribution in [0.2, 0.25) is 0 Å². The first-order valence-electron chi connectivity index (χ1n) is 6.57. The number of rotatable bonds is 1. The van der Waals surface area contributed by atoms with Gasteiger partial charge >= 0.3 is 0 Å².